The molecule has 0 atom stereocenters. The van der Waals surface area contributed by atoms with E-state index in [-0.39, 0.29) is 0 Å². The molecule has 3 heteroatoms. The van der Waals surface area contributed by atoms with Crippen LogP contribution >= 0.6 is 0 Å². The van der Waals surface area contributed by atoms with Crippen molar-refractivity contribution in [2.75, 3.05) is 4.90 Å². The van der Waals surface area contributed by atoms with Crippen molar-refractivity contribution in [1.29, 1.82) is 0 Å². The largest absolute Gasteiger partial charge is 0.454 e. The van der Waals surface area contributed by atoms with E-state index in [9.17, 15) is 0 Å². The quantitative estimate of drug-likeness (QED) is 0.161. The lowest BCUT2D eigenvalue weighted by Crippen LogP contribution is -2.10. The van der Waals surface area contributed by atoms with E-state index in [0.29, 0.717) is 0 Å². The van der Waals surface area contributed by atoms with E-state index >= 15 is 0 Å². The molecule has 0 N–H and O–H groups in total. The maximum atomic E-state index is 6.77. The molecule has 2 heterocycles. The van der Waals surface area contributed by atoms with Crippen LogP contribution in [0.25, 0.3) is 93.6 Å². The molecule has 0 saturated carbocycles. The van der Waals surface area contributed by atoms with E-state index in [4.69, 9.17) is 4.42 Å². The number of benzene rings is 10. The summed E-state index contributed by atoms with van der Waals surface area (Å²) < 4.78 is 9.15. The van der Waals surface area contributed by atoms with Gasteiger partial charge in [0, 0.05) is 38.6 Å². The Morgan fingerprint density at radius 2 is 0.820 bits per heavy atom. The number of rotatable bonds is 7. The van der Waals surface area contributed by atoms with E-state index < -0.39 is 0 Å². The van der Waals surface area contributed by atoms with E-state index in [1.54, 1.807) is 0 Å². The van der Waals surface area contributed by atoms with Gasteiger partial charge in [-0.2, -0.15) is 0 Å². The van der Waals surface area contributed by atoms with Gasteiger partial charge in [0.1, 0.15) is 5.58 Å². The van der Waals surface area contributed by atoms with E-state index in [1.165, 1.54) is 54.8 Å². The maximum Gasteiger partial charge on any atom is 0.160 e. The van der Waals surface area contributed by atoms with Crippen LogP contribution in [0.2, 0.25) is 0 Å². The first-order valence-electron chi connectivity index (χ1n) is 20.8. The van der Waals surface area contributed by atoms with Crippen molar-refractivity contribution >= 4 is 71.6 Å². The van der Waals surface area contributed by atoms with Gasteiger partial charge in [0.15, 0.2) is 5.58 Å². The fraction of sp³-hybridized carbons (Fsp3) is 0. The molecule has 0 spiro atoms. The smallest absolute Gasteiger partial charge is 0.160 e. The van der Waals surface area contributed by atoms with Crippen LogP contribution in [0.5, 0.6) is 0 Å². The third-order valence-corrected chi connectivity index (χ3v) is 12.2. The fourth-order valence-electron chi connectivity index (χ4n) is 9.27. The van der Waals surface area contributed by atoms with Gasteiger partial charge in [0.25, 0.3) is 0 Å². The van der Waals surface area contributed by atoms with E-state index in [2.05, 4.69) is 234 Å². The molecule has 12 aromatic rings. The second kappa shape index (κ2) is 14.3. The Labute approximate surface area is 353 Å². The van der Waals surface area contributed by atoms with Gasteiger partial charge < -0.3 is 13.9 Å². The summed E-state index contributed by atoms with van der Waals surface area (Å²) in [6, 6.07) is 82.7. The molecule has 0 aliphatic heterocycles. The lowest BCUT2D eigenvalue weighted by atomic mass is 9.99. The predicted octanol–water partition coefficient (Wildman–Crippen LogP) is 16.3. The highest BCUT2D eigenvalue weighted by atomic mass is 16.3. The molecular formula is C58H38N2O. The minimum Gasteiger partial charge on any atom is -0.454 e. The summed E-state index contributed by atoms with van der Waals surface area (Å²) in [6.45, 7) is 0. The molecule has 0 fully saturated rings. The van der Waals surface area contributed by atoms with Crippen molar-refractivity contribution in [3.8, 4) is 39.1 Å². The van der Waals surface area contributed by atoms with E-state index in [0.717, 1.165) is 55.8 Å². The van der Waals surface area contributed by atoms with Crippen molar-refractivity contribution in [2.24, 2.45) is 0 Å². The van der Waals surface area contributed by atoms with Gasteiger partial charge in [-0.1, -0.05) is 170 Å². The summed E-state index contributed by atoms with van der Waals surface area (Å²) in [5, 5.41) is 7.13. The lowest BCUT2D eigenvalue weighted by Gasteiger charge is -2.26. The van der Waals surface area contributed by atoms with Crippen molar-refractivity contribution in [2.45, 2.75) is 0 Å². The van der Waals surface area contributed by atoms with Crippen LogP contribution in [0.1, 0.15) is 0 Å². The van der Waals surface area contributed by atoms with Gasteiger partial charge in [-0.05, 0) is 105 Å². The van der Waals surface area contributed by atoms with Crippen LogP contribution in [-0.2, 0) is 0 Å². The molecule has 0 radical (unpaired) electrons. The number of aromatic nitrogens is 1. The lowest BCUT2D eigenvalue weighted by molar-refractivity contribution is 0.669. The fourth-order valence-corrected chi connectivity index (χ4v) is 9.27. The molecule has 61 heavy (non-hydrogen) atoms. The number of para-hydroxylation sites is 3. The summed E-state index contributed by atoms with van der Waals surface area (Å²) in [5.74, 6) is 0. The molecule has 2 aromatic heterocycles. The first kappa shape index (κ1) is 34.9. The Kier molecular flexibility index (Phi) is 8.17. The molecule has 0 saturated heterocycles. The Morgan fingerprint density at radius 1 is 0.344 bits per heavy atom. The number of furan rings is 1. The Bertz CT molecular complexity index is 3510. The second-order valence-electron chi connectivity index (χ2n) is 15.7. The summed E-state index contributed by atoms with van der Waals surface area (Å²) in [6.07, 6.45) is 0. The van der Waals surface area contributed by atoms with Crippen molar-refractivity contribution in [3.05, 3.63) is 231 Å². The standard InChI is InChI=1S/C58H38N2O/c1-2-13-39(14-3-1)41-29-33-46(34-30-41)59(55-38-45-15-4-5-18-49(45)57-52-21-8-11-24-56(52)61-58(55)57)47-35-31-42(32-36-47)40-25-27-43(28-26-40)44-16-12-17-48(37-44)60-53-22-9-6-19-50(53)51-20-7-10-23-54(51)60/h1-38H. The minimum atomic E-state index is 0.869. The highest BCUT2D eigenvalue weighted by molar-refractivity contribution is 6.23. The molecule has 0 bridgehead atoms. The molecule has 10 aromatic carbocycles. The van der Waals surface area contributed by atoms with Crippen molar-refractivity contribution < 1.29 is 4.42 Å². The number of hydrogen-bond acceptors (Lipinski definition) is 2. The summed E-state index contributed by atoms with van der Waals surface area (Å²) in [7, 11) is 0. The Hall–Kier alpha value is -8.14. The Morgan fingerprint density at radius 3 is 1.46 bits per heavy atom. The molecule has 286 valence electrons. The predicted molar refractivity (Wildman–Crippen MR) is 257 cm³/mol. The topological polar surface area (TPSA) is 21.3 Å². The van der Waals surface area contributed by atoms with Crippen molar-refractivity contribution in [1.82, 2.24) is 4.57 Å². The SMILES string of the molecule is c1ccc(-c2ccc(N(c3ccc(-c4ccc(-c5cccc(-n6c7ccccc7c7ccccc76)c5)cc4)cc3)c3cc4ccccc4c4c3oc3ccccc34)cc2)cc1. The number of hydrogen-bond donors (Lipinski definition) is 0. The molecule has 12 rings (SSSR count). The average molecular weight is 779 g/mol. The molecule has 3 nitrogen and oxygen atoms in total. The zero-order valence-electron chi connectivity index (χ0n) is 33.2. The molecule has 0 amide bonds. The third kappa shape index (κ3) is 5.90. The summed E-state index contributed by atoms with van der Waals surface area (Å²) >= 11 is 0. The summed E-state index contributed by atoms with van der Waals surface area (Å²) in [4.78, 5) is 2.34. The van der Waals surface area contributed by atoms with Crippen LogP contribution in [0.4, 0.5) is 17.1 Å². The van der Waals surface area contributed by atoms with Crippen LogP contribution in [0.3, 0.4) is 0 Å². The van der Waals surface area contributed by atoms with Crippen LogP contribution in [-0.4, -0.2) is 4.57 Å². The normalized spacial score (nSPS) is 11.6. The number of anilines is 3. The third-order valence-electron chi connectivity index (χ3n) is 12.2. The molecule has 0 unspecified atom stereocenters. The minimum absolute atomic E-state index is 0.869. The van der Waals surface area contributed by atoms with Gasteiger partial charge in [-0.15, -0.1) is 0 Å². The zero-order chi connectivity index (χ0) is 40.3. The molecular weight excluding hydrogens is 741 g/mol. The van der Waals surface area contributed by atoms with Crippen LogP contribution < -0.4 is 4.90 Å². The highest BCUT2D eigenvalue weighted by Gasteiger charge is 2.22. The van der Waals surface area contributed by atoms with Gasteiger partial charge in [-0.25, -0.2) is 0 Å². The first-order valence-corrected chi connectivity index (χ1v) is 20.8. The number of nitrogens with zero attached hydrogens (tertiary/aromatic N) is 2. The second-order valence-corrected chi connectivity index (χ2v) is 15.7. The Balaban J connectivity index is 0.925. The number of fused-ring (bicyclic) bond motifs is 8. The first-order chi connectivity index (χ1) is 30.2. The van der Waals surface area contributed by atoms with Gasteiger partial charge in [0.2, 0.25) is 0 Å². The van der Waals surface area contributed by atoms with Crippen LogP contribution in [0.15, 0.2) is 235 Å². The highest BCUT2D eigenvalue weighted by Crippen LogP contribution is 2.46. The monoisotopic (exact) mass is 778 g/mol. The van der Waals surface area contributed by atoms with Gasteiger partial charge in [0.05, 0.1) is 16.7 Å². The average Bonchev–Trinajstić information content (AvgIpc) is 3.90. The van der Waals surface area contributed by atoms with Crippen LogP contribution in [0, 0.1) is 0 Å². The molecule has 0 aliphatic rings. The molecule has 0 aliphatic carbocycles. The van der Waals surface area contributed by atoms with Gasteiger partial charge in [-0.3, -0.25) is 0 Å². The zero-order valence-corrected chi connectivity index (χ0v) is 33.2. The van der Waals surface area contributed by atoms with E-state index in [1.807, 2.05) is 6.07 Å². The maximum absolute atomic E-state index is 6.77. The van der Waals surface area contributed by atoms with Crippen molar-refractivity contribution in [3.63, 3.8) is 0 Å². The van der Waals surface area contributed by atoms with Gasteiger partial charge >= 0.3 is 0 Å². The summed E-state index contributed by atoms with van der Waals surface area (Å²) in [5.41, 5.74) is 15.5.